The Kier molecular flexibility index (Phi) is 4.28. The van der Waals surface area contributed by atoms with Crippen LogP contribution in [-0.4, -0.2) is 45.0 Å². The van der Waals surface area contributed by atoms with Gasteiger partial charge in [-0.05, 0) is 39.2 Å². The summed E-state index contributed by atoms with van der Waals surface area (Å²) in [5.41, 5.74) is 1.09. The normalized spacial score (nSPS) is 20.2. The third-order valence-electron chi connectivity index (χ3n) is 3.88. The standard InChI is InChI=1S/C15H22N2O3/c1-10(18)7-13-5-4-6-17(13)15(20)14-8-12(11(2)19)9-16(14)3/h8-10,13,18H,4-7H2,1-3H3. The molecule has 1 aromatic heterocycles. The SMILES string of the molecule is CC(=O)c1cc(C(=O)N2CCCC2CC(C)O)n(C)c1. The number of hydrogen-bond acceptors (Lipinski definition) is 3. The number of hydrogen-bond donors (Lipinski definition) is 1. The molecule has 1 aliphatic rings. The molecular weight excluding hydrogens is 256 g/mol. The van der Waals surface area contributed by atoms with Crippen LogP contribution in [0.4, 0.5) is 0 Å². The van der Waals surface area contributed by atoms with Gasteiger partial charge in [-0.1, -0.05) is 0 Å². The van der Waals surface area contributed by atoms with E-state index < -0.39 is 6.10 Å². The van der Waals surface area contributed by atoms with Gasteiger partial charge in [-0.2, -0.15) is 0 Å². The number of aliphatic hydroxyl groups excluding tert-OH is 1. The van der Waals surface area contributed by atoms with Crippen molar-refractivity contribution in [3.05, 3.63) is 23.5 Å². The van der Waals surface area contributed by atoms with Gasteiger partial charge in [0.25, 0.3) is 5.91 Å². The summed E-state index contributed by atoms with van der Waals surface area (Å²) in [5, 5.41) is 9.53. The van der Waals surface area contributed by atoms with Crippen molar-refractivity contribution in [2.75, 3.05) is 6.54 Å². The first-order chi connectivity index (χ1) is 9.40. The molecule has 5 heteroatoms. The van der Waals surface area contributed by atoms with E-state index >= 15 is 0 Å². The van der Waals surface area contributed by atoms with E-state index in [1.807, 2.05) is 4.90 Å². The topological polar surface area (TPSA) is 62.5 Å². The van der Waals surface area contributed by atoms with Crippen molar-refractivity contribution in [3.63, 3.8) is 0 Å². The van der Waals surface area contributed by atoms with Crippen LogP contribution < -0.4 is 0 Å². The number of ketones is 1. The second kappa shape index (κ2) is 5.79. The molecule has 2 atom stereocenters. The molecule has 1 N–H and O–H groups in total. The van der Waals surface area contributed by atoms with Crippen LogP contribution in [-0.2, 0) is 7.05 Å². The molecule has 0 aliphatic carbocycles. The van der Waals surface area contributed by atoms with Gasteiger partial charge >= 0.3 is 0 Å². The number of amides is 1. The molecule has 1 amide bonds. The minimum atomic E-state index is -0.408. The fourth-order valence-electron chi connectivity index (χ4n) is 2.86. The van der Waals surface area contributed by atoms with Gasteiger partial charge in [0.05, 0.1) is 6.10 Å². The molecule has 110 valence electrons. The summed E-state index contributed by atoms with van der Waals surface area (Å²) in [4.78, 5) is 25.8. The lowest BCUT2D eigenvalue weighted by atomic mass is 10.1. The molecule has 2 unspecified atom stereocenters. The highest BCUT2D eigenvalue weighted by Gasteiger charge is 2.31. The predicted octanol–water partition coefficient (Wildman–Crippen LogP) is 1.60. The van der Waals surface area contributed by atoms with Crippen molar-refractivity contribution in [1.29, 1.82) is 0 Å². The highest BCUT2D eigenvalue weighted by atomic mass is 16.3. The van der Waals surface area contributed by atoms with E-state index in [9.17, 15) is 14.7 Å². The zero-order chi connectivity index (χ0) is 14.9. The highest BCUT2D eigenvalue weighted by molar-refractivity contribution is 5.99. The molecule has 1 saturated heterocycles. The minimum absolute atomic E-state index is 0.0402. The van der Waals surface area contributed by atoms with Gasteiger partial charge < -0.3 is 14.6 Å². The fraction of sp³-hybridized carbons (Fsp3) is 0.600. The Morgan fingerprint density at radius 2 is 2.20 bits per heavy atom. The Bertz CT molecular complexity index is 519. The zero-order valence-corrected chi connectivity index (χ0v) is 12.3. The lowest BCUT2D eigenvalue weighted by Gasteiger charge is -2.25. The van der Waals surface area contributed by atoms with Crippen LogP contribution in [0.3, 0.4) is 0 Å². The highest BCUT2D eigenvalue weighted by Crippen LogP contribution is 2.24. The summed E-state index contributed by atoms with van der Waals surface area (Å²) in [6.07, 6.45) is 3.79. The summed E-state index contributed by atoms with van der Waals surface area (Å²) >= 11 is 0. The van der Waals surface area contributed by atoms with E-state index in [1.54, 1.807) is 30.8 Å². The van der Waals surface area contributed by atoms with Crippen LogP contribution in [0.15, 0.2) is 12.3 Å². The summed E-state index contributed by atoms with van der Waals surface area (Å²) in [5.74, 6) is -0.0928. The first-order valence-electron chi connectivity index (χ1n) is 7.06. The number of aliphatic hydroxyl groups is 1. The van der Waals surface area contributed by atoms with E-state index in [0.29, 0.717) is 17.7 Å². The largest absolute Gasteiger partial charge is 0.393 e. The number of Topliss-reactive ketones (excluding diaryl/α,β-unsaturated/α-hetero) is 1. The average Bonchev–Trinajstić information content (AvgIpc) is 2.94. The van der Waals surface area contributed by atoms with Crippen molar-refractivity contribution in [2.45, 2.75) is 45.3 Å². The van der Waals surface area contributed by atoms with Gasteiger partial charge in [0.15, 0.2) is 5.78 Å². The molecule has 0 aromatic carbocycles. The summed E-state index contributed by atoms with van der Waals surface area (Å²) < 4.78 is 1.71. The number of aryl methyl sites for hydroxylation is 1. The molecule has 20 heavy (non-hydrogen) atoms. The molecule has 0 saturated carbocycles. The summed E-state index contributed by atoms with van der Waals surface area (Å²) in [6, 6.07) is 1.75. The Hall–Kier alpha value is -1.62. The number of nitrogens with zero attached hydrogens (tertiary/aromatic N) is 2. The maximum Gasteiger partial charge on any atom is 0.270 e. The molecular formula is C15H22N2O3. The van der Waals surface area contributed by atoms with Crippen molar-refractivity contribution < 1.29 is 14.7 Å². The van der Waals surface area contributed by atoms with Crippen molar-refractivity contribution in [3.8, 4) is 0 Å². The van der Waals surface area contributed by atoms with Gasteiger partial charge in [0, 0.05) is 31.4 Å². The van der Waals surface area contributed by atoms with Crippen molar-refractivity contribution >= 4 is 11.7 Å². The third kappa shape index (κ3) is 2.93. The van der Waals surface area contributed by atoms with Gasteiger partial charge in [0.1, 0.15) is 5.69 Å². The smallest absolute Gasteiger partial charge is 0.270 e. The Morgan fingerprint density at radius 3 is 2.75 bits per heavy atom. The van der Waals surface area contributed by atoms with Gasteiger partial charge in [-0.25, -0.2) is 0 Å². The van der Waals surface area contributed by atoms with Gasteiger partial charge in [-0.3, -0.25) is 9.59 Å². The third-order valence-corrected chi connectivity index (χ3v) is 3.88. The molecule has 1 aliphatic heterocycles. The summed E-state index contributed by atoms with van der Waals surface area (Å²) in [7, 11) is 1.78. The fourth-order valence-corrected chi connectivity index (χ4v) is 2.86. The number of rotatable bonds is 4. The van der Waals surface area contributed by atoms with E-state index in [1.165, 1.54) is 6.92 Å². The predicted molar refractivity (Wildman–Crippen MR) is 75.8 cm³/mol. The first-order valence-corrected chi connectivity index (χ1v) is 7.06. The van der Waals surface area contributed by atoms with Crippen LogP contribution in [0.5, 0.6) is 0 Å². The van der Waals surface area contributed by atoms with E-state index in [2.05, 4.69) is 0 Å². The van der Waals surface area contributed by atoms with Crippen molar-refractivity contribution in [2.24, 2.45) is 7.05 Å². The second-order valence-electron chi connectivity index (χ2n) is 5.66. The maximum absolute atomic E-state index is 12.6. The quantitative estimate of drug-likeness (QED) is 0.851. The Labute approximate surface area is 119 Å². The van der Waals surface area contributed by atoms with Crippen LogP contribution in [0.1, 0.15) is 54.0 Å². The van der Waals surface area contributed by atoms with Crippen LogP contribution in [0.2, 0.25) is 0 Å². The lowest BCUT2D eigenvalue weighted by molar-refractivity contribution is 0.0672. The average molecular weight is 278 g/mol. The van der Waals surface area contributed by atoms with Crippen LogP contribution in [0.25, 0.3) is 0 Å². The number of carbonyl (C=O) groups is 2. The monoisotopic (exact) mass is 278 g/mol. The molecule has 1 aromatic rings. The second-order valence-corrected chi connectivity index (χ2v) is 5.66. The Morgan fingerprint density at radius 1 is 1.50 bits per heavy atom. The minimum Gasteiger partial charge on any atom is -0.393 e. The molecule has 5 nitrogen and oxygen atoms in total. The number of carbonyl (C=O) groups excluding carboxylic acids is 2. The van der Waals surface area contributed by atoms with Crippen LogP contribution >= 0.6 is 0 Å². The van der Waals surface area contributed by atoms with E-state index in [4.69, 9.17) is 0 Å². The van der Waals surface area contributed by atoms with Crippen LogP contribution in [0, 0.1) is 0 Å². The van der Waals surface area contributed by atoms with Crippen molar-refractivity contribution in [1.82, 2.24) is 9.47 Å². The van der Waals surface area contributed by atoms with E-state index in [-0.39, 0.29) is 17.7 Å². The number of likely N-dealkylation sites (tertiary alicyclic amines) is 1. The molecule has 0 spiro atoms. The molecule has 2 heterocycles. The molecule has 0 radical (unpaired) electrons. The Balaban J connectivity index is 2.20. The van der Waals surface area contributed by atoms with Gasteiger partial charge in [0.2, 0.25) is 0 Å². The first kappa shape index (κ1) is 14.8. The zero-order valence-electron chi connectivity index (χ0n) is 12.3. The maximum atomic E-state index is 12.6. The number of aromatic nitrogens is 1. The molecule has 1 fully saturated rings. The summed E-state index contributed by atoms with van der Waals surface area (Å²) in [6.45, 7) is 3.96. The lowest BCUT2D eigenvalue weighted by Crippen LogP contribution is -2.38. The van der Waals surface area contributed by atoms with E-state index in [0.717, 1.165) is 19.4 Å². The molecule has 2 rings (SSSR count). The molecule has 0 bridgehead atoms. The van der Waals surface area contributed by atoms with Gasteiger partial charge in [-0.15, -0.1) is 0 Å².